The fourth-order valence-corrected chi connectivity index (χ4v) is 0.901. The Morgan fingerprint density at radius 2 is 2.09 bits per heavy atom. The Bertz CT molecular complexity index is 86.2. The molecule has 0 heterocycles. The zero-order chi connectivity index (χ0) is 8.69. The van der Waals surface area contributed by atoms with Gasteiger partial charge in [0.15, 0.2) is 0 Å². The normalized spacial score (nSPS) is 13.9. The molecule has 0 bridgehead atoms. The zero-order valence-electron chi connectivity index (χ0n) is 7.84. The van der Waals surface area contributed by atoms with Crippen LogP contribution >= 0.6 is 0 Å². The van der Waals surface area contributed by atoms with E-state index in [9.17, 15) is 0 Å². The summed E-state index contributed by atoms with van der Waals surface area (Å²) in [6, 6.07) is 0.150. The maximum atomic E-state index is 5.75. The van der Waals surface area contributed by atoms with E-state index >= 15 is 0 Å². The van der Waals surface area contributed by atoms with Crippen LogP contribution in [0.2, 0.25) is 0 Å². The second-order valence-electron chi connectivity index (χ2n) is 3.10. The molecule has 68 valence electrons. The Labute approximate surface area is 69.5 Å². The standard InChI is InChI=1S/C8H20N2O/c1-4-5-11-7-8(9)6-10(2)3/h8H,4-7,9H2,1-3H3. The first-order valence-corrected chi connectivity index (χ1v) is 4.14. The van der Waals surface area contributed by atoms with Crippen LogP contribution in [0.4, 0.5) is 0 Å². The lowest BCUT2D eigenvalue weighted by atomic mass is 10.3. The molecule has 0 spiro atoms. The Kier molecular flexibility index (Phi) is 6.51. The molecule has 0 aromatic heterocycles. The maximum Gasteiger partial charge on any atom is 0.0630 e. The van der Waals surface area contributed by atoms with Crippen LogP contribution in [-0.4, -0.2) is 44.8 Å². The van der Waals surface area contributed by atoms with Crippen molar-refractivity contribution in [3.05, 3.63) is 0 Å². The van der Waals surface area contributed by atoms with Crippen molar-refractivity contribution in [1.82, 2.24) is 4.90 Å². The molecule has 0 saturated heterocycles. The summed E-state index contributed by atoms with van der Waals surface area (Å²) in [6.07, 6.45) is 1.06. The third-order valence-corrected chi connectivity index (χ3v) is 1.28. The summed E-state index contributed by atoms with van der Waals surface area (Å²) < 4.78 is 5.29. The van der Waals surface area contributed by atoms with Gasteiger partial charge < -0.3 is 15.4 Å². The van der Waals surface area contributed by atoms with Gasteiger partial charge in [-0.3, -0.25) is 0 Å². The van der Waals surface area contributed by atoms with Gasteiger partial charge >= 0.3 is 0 Å². The summed E-state index contributed by atoms with van der Waals surface area (Å²) in [5.74, 6) is 0. The molecule has 0 aliphatic carbocycles. The van der Waals surface area contributed by atoms with Crippen LogP contribution in [0.15, 0.2) is 0 Å². The molecule has 2 N–H and O–H groups in total. The lowest BCUT2D eigenvalue weighted by Crippen LogP contribution is -2.37. The van der Waals surface area contributed by atoms with Crippen molar-refractivity contribution >= 4 is 0 Å². The van der Waals surface area contributed by atoms with Crippen molar-refractivity contribution in [3.8, 4) is 0 Å². The maximum absolute atomic E-state index is 5.75. The number of ether oxygens (including phenoxy) is 1. The fourth-order valence-electron chi connectivity index (χ4n) is 0.901. The van der Waals surface area contributed by atoms with Crippen molar-refractivity contribution in [3.63, 3.8) is 0 Å². The second-order valence-corrected chi connectivity index (χ2v) is 3.10. The van der Waals surface area contributed by atoms with E-state index in [-0.39, 0.29) is 6.04 Å². The Morgan fingerprint density at radius 1 is 1.45 bits per heavy atom. The van der Waals surface area contributed by atoms with Gasteiger partial charge in [0.05, 0.1) is 6.61 Å². The van der Waals surface area contributed by atoms with E-state index in [1.165, 1.54) is 0 Å². The minimum atomic E-state index is 0.150. The number of rotatable bonds is 6. The number of nitrogens with two attached hydrogens (primary N) is 1. The molecular formula is C8H20N2O. The van der Waals surface area contributed by atoms with E-state index in [1.54, 1.807) is 0 Å². The first-order valence-electron chi connectivity index (χ1n) is 4.14. The highest BCUT2D eigenvalue weighted by Crippen LogP contribution is 1.86. The first-order chi connectivity index (χ1) is 5.16. The Hall–Kier alpha value is -0.120. The highest BCUT2D eigenvalue weighted by Gasteiger charge is 2.02. The molecule has 1 atom stereocenters. The van der Waals surface area contributed by atoms with Gasteiger partial charge in [-0.05, 0) is 20.5 Å². The van der Waals surface area contributed by atoms with E-state index in [2.05, 4.69) is 11.8 Å². The molecule has 0 rings (SSSR count). The van der Waals surface area contributed by atoms with Crippen molar-refractivity contribution in [1.29, 1.82) is 0 Å². The van der Waals surface area contributed by atoms with Gasteiger partial charge in [0.2, 0.25) is 0 Å². The lowest BCUT2D eigenvalue weighted by molar-refractivity contribution is 0.114. The van der Waals surface area contributed by atoms with Crippen molar-refractivity contribution in [2.24, 2.45) is 5.73 Å². The molecule has 0 aromatic rings. The molecule has 0 saturated carbocycles. The molecule has 3 nitrogen and oxygen atoms in total. The minimum absolute atomic E-state index is 0.150. The van der Waals surface area contributed by atoms with Crippen LogP contribution in [0, 0.1) is 0 Å². The number of nitrogens with zero attached hydrogens (tertiary/aromatic N) is 1. The number of hydrogen-bond donors (Lipinski definition) is 1. The van der Waals surface area contributed by atoms with Crippen LogP contribution in [-0.2, 0) is 4.74 Å². The molecule has 0 amide bonds. The topological polar surface area (TPSA) is 38.5 Å². The average Bonchev–Trinajstić information content (AvgIpc) is 1.86. The third kappa shape index (κ3) is 7.78. The molecule has 0 radical (unpaired) electrons. The van der Waals surface area contributed by atoms with Gasteiger partial charge in [-0.1, -0.05) is 6.92 Å². The predicted molar refractivity (Wildman–Crippen MR) is 47.6 cm³/mol. The molecule has 0 aliphatic heterocycles. The average molecular weight is 160 g/mol. The van der Waals surface area contributed by atoms with Crippen LogP contribution in [0.5, 0.6) is 0 Å². The monoisotopic (exact) mass is 160 g/mol. The minimum Gasteiger partial charge on any atom is -0.380 e. The molecule has 0 fully saturated rings. The van der Waals surface area contributed by atoms with Crippen molar-refractivity contribution < 1.29 is 4.74 Å². The zero-order valence-corrected chi connectivity index (χ0v) is 7.84. The van der Waals surface area contributed by atoms with Crippen LogP contribution in [0.25, 0.3) is 0 Å². The predicted octanol–water partition coefficient (Wildman–Crippen LogP) is 0.302. The second kappa shape index (κ2) is 6.58. The summed E-state index contributed by atoms with van der Waals surface area (Å²) >= 11 is 0. The summed E-state index contributed by atoms with van der Waals surface area (Å²) in [7, 11) is 4.03. The largest absolute Gasteiger partial charge is 0.380 e. The number of hydrogen-bond acceptors (Lipinski definition) is 3. The summed E-state index contributed by atoms with van der Waals surface area (Å²) in [5, 5.41) is 0. The Morgan fingerprint density at radius 3 is 2.55 bits per heavy atom. The van der Waals surface area contributed by atoms with Gasteiger partial charge in [-0.2, -0.15) is 0 Å². The molecule has 0 aliphatic rings. The molecule has 3 heteroatoms. The van der Waals surface area contributed by atoms with Gasteiger partial charge in [-0.15, -0.1) is 0 Å². The van der Waals surface area contributed by atoms with Gasteiger partial charge in [0.1, 0.15) is 0 Å². The van der Waals surface area contributed by atoms with E-state index < -0.39 is 0 Å². The highest BCUT2D eigenvalue weighted by molar-refractivity contribution is 4.62. The van der Waals surface area contributed by atoms with Crippen molar-refractivity contribution in [2.75, 3.05) is 33.9 Å². The van der Waals surface area contributed by atoms with E-state index in [0.717, 1.165) is 19.6 Å². The summed E-state index contributed by atoms with van der Waals surface area (Å²) in [6.45, 7) is 4.48. The van der Waals surface area contributed by atoms with Crippen LogP contribution in [0.3, 0.4) is 0 Å². The molecule has 1 unspecified atom stereocenters. The molecule has 0 aromatic carbocycles. The third-order valence-electron chi connectivity index (χ3n) is 1.28. The molecule has 11 heavy (non-hydrogen) atoms. The lowest BCUT2D eigenvalue weighted by Gasteiger charge is -2.16. The van der Waals surface area contributed by atoms with E-state index in [4.69, 9.17) is 10.5 Å². The number of likely N-dealkylation sites (N-methyl/N-ethyl adjacent to an activating group) is 1. The Balaban J connectivity index is 3.15. The van der Waals surface area contributed by atoms with Gasteiger partial charge in [-0.25, -0.2) is 0 Å². The van der Waals surface area contributed by atoms with E-state index in [0.29, 0.717) is 6.61 Å². The fraction of sp³-hybridized carbons (Fsp3) is 1.00. The van der Waals surface area contributed by atoms with Crippen LogP contribution in [0.1, 0.15) is 13.3 Å². The highest BCUT2D eigenvalue weighted by atomic mass is 16.5. The SMILES string of the molecule is CCCOCC(N)CN(C)C. The first kappa shape index (κ1) is 10.9. The van der Waals surface area contributed by atoms with E-state index in [1.807, 2.05) is 14.1 Å². The smallest absolute Gasteiger partial charge is 0.0630 e. The summed E-state index contributed by atoms with van der Waals surface area (Å²) in [4.78, 5) is 2.07. The quantitative estimate of drug-likeness (QED) is 0.568. The summed E-state index contributed by atoms with van der Waals surface area (Å²) in [5.41, 5.74) is 5.75. The van der Waals surface area contributed by atoms with Gasteiger partial charge in [0, 0.05) is 19.2 Å². The van der Waals surface area contributed by atoms with Crippen molar-refractivity contribution in [2.45, 2.75) is 19.4 Å². The van der Waals surface area contributed by atoms with Gasteiger partial charge in [0.25, 0.3) is 0 Å². The van der Waals surface area contributed by atoms with Crippen LogP contribution < -0.4 is 5.73 Å². The molecular weight excluding hydrogens is 140 g/mol.